The third-order valence-electron chi connectivity index (χ3n) is 2.58. The standard InChI is InChI=1S/C13H13ClN2O3/c1-2-5-15-12(17)7-16-8-13(18)19-11-4-3-9(14)6-10(11)16/h2-4,6H,1,5,7-8H2,(H,15,17). The molecule has 1 aromatic rings. The summed E-state index contributed by atoms with van der Waals surface area (Å²) in [5.74, 6) is -0.177. The molecule has 1 aliphatic heterocycles. The van der Waals surface area contributed by atoms with E-state index in [2.05, 4.69) is 11.9 Å². The predicted molar refractivity (Wildman–Crippen MR) is 72.5 cm³/mol. The Hall–Kier alpha value is -2.01. The molecule has 1 aliphatic rings. The number of hydrogen-bond acceptors (Lipinski definition) is 4. The second-order valence-corrected chi connectivity index (χ2v) is 4.47. The number of nitrogens with zero attached hydrogens (tertiary/aromatic N) is 1. The van der Waals surface area contributed by atoms with Crippen LogP contribution in [0.25, 0.3) is 0 Å². The third kappa shape index (κ3) is 3.26. The minimum absolute atomic E-state index is 0.0227. The van der Waals surface area contributed by atoms with Crippen LogP contribution >= 0.6 is 11.6 Å². The maximum Gasteiger partial charge on any atom is 0.331 e. The zero-order chi connectivity index (χ0) is 13.8. The quantitative estimate of drug-likeness (QED) is 0.514. The number of rotatable bonds is 4. The molecular formula is C13H13ClN2O3. The molecule has 5 nitrogen and oxygen atoms in total. The fourth-order valence-electron chi connectivity index (χ4n) is 1.78. The molecule has 1 amide bonds. The van der Waals surface area contributed by atoms with Crippen molar-refractivity contribution >= 4 is 29.2 Å². The Balaban J connectivity index is 2.17. The lowest BCUT2D eigenvalue weighted by Gasteiger charge is -2.29. The van der Waals surface area contributed by atoms with Gasteiger partial charge in [-0.25, -0.2) is 4.79 Å². The van der Waals surface area contributed by atoms with Crippen LogP contribution in [-0.2, 0) is 9.59 Å². The summed E-state index contributed by atoms with van der Waals surface area (Å²) < 4.78 is 5.09. The van der Waals surface area contributed by atoms with Gasteiger partial charge in [-0.05, 0) is 18.2 Å². The summed E-state index contributed by atoms with van der Waals surface area (Å²) >= 11 is 5.92. The van der Waals surface area contributed by atoms with Gasteiger partial charge >= 0.3 is 5.97 Å². The van der Waals surface area contributed by atoms with Crippen LogP contribution in [0, 0.1) is 0 Å². The first kappa shape index (κ1) is 13.4. The van der Waals surface area contributed by atoms with Crippen molar-refractivity contribution in [3.05, 3.63) is 35.9 Å². The van der Waals surface area contributed by atoms with E-state index in [0.717, 1.165) is 0 Å². The van der Waals surface area contributed by atoms with Gasteiger partial charge in [-0.3, -0.25) is 4.79 Å². The van der Waals surface area contributed by atoms with Crippen LogP contribution in [-0.4, -0.2) is 31.5 Å². The maximum absolute atomic E-state index is 11.7. The van der Waals surface area contributed by atoms with Gasteiger partial charge in [0, 0.05) is 11.6 Å². The van der Waals surface area contributed by atoms with Crippen molar-refractivity contribution < 1.29 is 14.3 Å². The highest BCUT2D eigenvalue weighted by molar-refractivity contribution is 6.31. The lowest BCUT2D eigenvalue weighted by atomic mass is 10.2. The smallest absolute Gasteiger partial charge is 0.331 e. The van der Waals surface area contributed by atoms with Crippen molar-refractivity contribution in [2.24, 2.45) is 0 Å². The van der Waals surface area contributed by atoms with E-state index in [0.29, 0.717) is 23.0 Å². The topological polar surface area (TPSA) is 58.6 Å². The van der Waals surface area contributed by atoms with Gasteiger partial charge in [0.05, 0.1) is 12.2 Å². The van der Waals surface area contributed by atoms with Gasteiger partial charge in [0.15, 0.2) is 5.75 Å². The van der Waals surface area contributed by atoms with E-state index in [1.54, 1.807) is 29.2 Å². The number of hydrogen-bond donors (Lipinski definition) is 1. The molecule has 0 aliphatic carbocycles. The Kier molecular flexibility index (Phi) is 4.06. The number of esters is 1. The fourth-order valence-corrected chi connectivity index (χ4v) is 1.94. The molecule has 2 rings (SSSR count). The molecular weight excluding hydrogens is 268 g/mol. The van der Waals surface area contributed by atoms with Crippen LogP contribution in [0.4, 0.5) is 5.69 Å². The first-order valence-electron chi connectivity index (χ1n) is 5.73. The van der Waals surface area contributed by atoms with E-state index in [-0.39, 0.29) is 19.0 Å². The maximum atomic E-state index is 11.7. The molecule has 0 atom stereocenters. The third-order valence-corrected chi connectivity index (χ3v) is 2.82. The highest BCUT2D eigenvalue weighted by atomic mass is 35.5. The number of halogens is 1. The highest BCUT2D eigenvalue weighted by Crippen LogP contribution is 2.34. The summed E-state index contributed by atoms with van der Waals surface area (Å²) in [6.45, 7) is 4.00. The van der Waals surface area contributed by atoms with E-state index >= 15 is 0 Å². The number of anilines is 1. The first-order chi connectivity index (χ1) is 9.10. The number of fused-ring (bicyclic) bond motifs is 1. The average molecular weight is 281 g/mol. The minimum Gasteiger partial charge on any atom is -0.423 e. The van der Waals surface area contributed by atoms with Crippen LogP contribution in [0.2, 0.25) is 5.02 Å². The van der Waals surface area contributed by atoms with Crippen molar-refractivity contribution in [3.63, 3.8) is 0 Å². The van der Waals surface area contributed by atoms with Gasteiger partial charge in [0.25, 0.3) is 0 Å². The summed E-state index contributed by atoms with van der Waals surface area (Å²) in [5, 5.41) is 3.18. The molecule has 0 bridgehead atoms. The number of nitrogens with one attached hydrogen (secondary N) is 1. The molecule has 19 heavy (non-hydrogen) atoms. The molecule has 0 spiro atoms. The largest absolute Gasteiger partial charge is 0.423 e. The van der Waals surface area contributed by atoms with E-state index in [4.69, 9.17) is 16.3 Å². The van der Waals surface area contributed by atoms with E-state index in [1.807, 2.05) is 0 Å². The molecule has 0 aromatic heterocycles. The lowest BCUT2D eigenvalue weighted by molar-refractivity contribution is -0.133. The van der Waals surface area contributed by atoms with Crippen LogP contribution in [0.15, 0.2) is 30.9 Å². The highest BCUT2D eigenvalue weighted by Gasteiger charge is 2.25. The Morgan fingerprint density at radius 2 is 2.37 bits per heavy atom. The Bertz CT molecular complexity index is 531. The number of amides is 1. The zero-order valence-electron chi connectivity index (χ0n) is 10.2. The van der Waals surface area contributed by atoms with Gasteiger partial charge in [-0.1, -0.05) is 17.7 Å². The molecule has 100 valence electrons. The molecule has 0 saturated heterocycles. The van der Waals surface area contributed by atoms with Gasteiger partial charge in [-0.15, -0.1) is 6.58 Å². The van der Waals surface area contributed by atoms with E-state index in [1.165, 1.54) is 0 Å². The van der Waals surface area contributed by atoms with Crippen LogP contribution < -0.4 is 15.0 Å². The summed E-state index contributed by atoms with van der Waals surface area (Å²) in [5.41, 5.74) is 0.640. The number of carbonyl (C=O) groups excluding carboxylic acids is 2. The first-order valence-corrected chi connectivity index (χ1v) is 6.10. The summed E-state index contributed by atoms with van der Waals surface area (Å²) in [7, 11) is 0. The Labute approximate surface area is 115 Å². The van der Waals surface area contributed by atoms with Crippen molar-refractivity contribution in [2.75, 3.05) is 24.5 Å². The van der Waals surface area contributed by atoms with Gasteiger partial charge < -0.3 is 15.0 Å². The van der Waals surface area contributed by atoms with Crippen molar-refractivity contribution in [1.29, 1.82) is 0 Å². The molecule has 0 saturated carbocycles. The number of ether oxygens (including phenoxy) is 1. The van der Waals surface area contributed by atoms with Crippen LogP contribution in [0.1, 0.15) is 0 Å². The number of benzene rings is 1. The van der Waals surface area contributed by atoms with Crippen molar-refractivity contribution in [1.82, 2.24) is 5.32 Å². The fraction of sp³-hybridized carbons (Fsp3) is 0.231. The zero-order valence-corrected chi connectivity index (χ0v) is 10.9. The summed E-state index contributed by atoms with van der Waals surface area (Å²) in [6, 6.07) is 4.92. The molecule has 1 aromatic carbocycles. The second-order valence-electron chi connectivity index (χ2n) is 4.03. The van der Waals surface area contributed by atoms with Gasteiger partial charge in [0.1, 0.15) is 6.54 Å². The monoisotopic (exact) mass is 280 g/mol. The minimum atomic E-state index is -0.397. The molecule has 1 heterocycles. The summed E-state index contributed by atoms with van der Waals surface area (Å²) in [4.78, 5) is 24.8. The van der Waals surface area contributed by atoms with Gasteiger partial charge in [-0.2, -0.15) is 0 Å². The summed E-state index contributed by atoms with van der Waals surface area (Å²) in [6.07, 6.45) is 1.59. The molecule has 0 fully saturated rings. The van der Waals surface area contributed by atoms with Crippen LogP contribution in [0.3, 0.4) is 0 Å². The Morgan fingerprint density at radius 3 is 3.11 bits per heavy atom. The van der Waals surface area contributed by atoms with E-state index < -0.39 is 5.97 Å². The molecule has 1 N–H and O–H groups in total. The van der Waals surface area contributed by atoms with Crippen molar-refractivity contribution in [3.8, 4) is 5.75 Å². The van der Waals surface area contributed by atoms with Gasteiger partial charge in [0.2, 0.25) is 5.91 Å². The Morgan fingerprint density at radius 1 is 1.58 bits per heavy atom. The molecule has 0 unspecified atom stereocenters. The molecule has 0 radical (unpaired) electrons. The average Bonchev–Trinajstić information content (AvgIpc) is 2.37. The predicted octanol–water partition coefficient (Wildman–Crippen LogP) is 1.37. The van der Waals surface area contributed by atoms with Crippen molar-refractivity contribution in [2.45, 2.75) is 0 Å². The van der Waals surface area contributed by atoms with Crippen LogP contribution in [0.5, 0.6) is 5.75 Å². The lowest BCUT2D eigenvalue weighted by Crippen LogP contribution is -2.43. The number of carbonyl (C=O) groups is 2. The normalized spacial score (nSPS) is 13.5. The van der Waals surface area contributed by atoms with E-state index in [9.17, 15) is 9.59 Å². The molecule has 6 heteroatoms. The SMILES string of the molecule is C=CCNC(=O)CN1CC(=O)Oc2ccc(Cl)cc21. The second kappa shape index (κ2) is 5.75.